The summed E-state index contributed by atoms with van der Waals surface area (Å²) in [5.41, 5.74) is 1.10. The number of alkyl halides is 3. The third kappa shape index (κ3) is 2.17. The second-order valence-corrected chi connectivity index (χ2v) is 5.14. The van der Waals surface area contributed by atoms with Crippen molar-refractivity contribution in [2.45, 2.75) is 19.1 Å². The predicted octanol–water partition coefficient (Wildman–Crippen LogP) is 2.86. The largest absolute Gasteiger partial charge is 0.472 e. The van der Waals surface area contributed by atoms with E-state index in [2.05, 4.69) is 37.2 Å². The summed E-state index contributed by atoms with van der Waals surface area (Å²) in [6.45, 7) is 1.01. The molecule has 1 aromatic rings. The zero-order valence-electron chi connectivity index (χ0n) is 8.37. The number of hydrogen-bond donors (Lipinski definition) is 1. The molecule has 0 unspecified atom stereocenters. The Hall–Kier alpha value is -0.340. The van der Waals surface area contributed by atoms with Crippen LogP contribution in [0.15, 0.2) is 9.08 Å². The molecule has 17 heavy (non-hydrogen) atoms. The molecule has 0 amide bonds. The van der Waals surface area contributed by atoms with E-state index < -0.39 is 12.1 Å². The van der Waals surface area contributed by atoms with Crippen LogP contribution >= 0.6 is 31.9 Å². The Kier molecular flexibility index (Phi) is 3.39. The van der Waals surface area contributed by atoms with E-state index in [1.165, 1.54) is 0 Å². The maximum atomic E-state index is 12.5. The van der Waals surface area contributed by atoms with Gasteiger partial charge in [0.15, 0.2) is 0 Å². The summed E-state index contributed by atoms with van der Waals surface area (Å²) in [6.07, 6.45) is -4.49. The molecule has 1 N–H and O–H groups in total. The Labute approximate surface area is 112 Å². The smallest absolute Gasteiger partial charge is 0.312 e. The first-order chi connectivity index (χ1) is 7.84. The molecule has 0 saturated heterocycles. The van der Waals surface area contributed by atoms with Crippen LogP contribution in [0.4, 0.5) is 13.2 Å². The Balaban J connectivity index is 2.58. The molecule has 3 nitrogen and oxygen atoms in total. The third-order valence-electron chi connectivity index (χ3n) is 2.55. The summed E-state index contributed by atoms with van der Waals surface area (Å²) in [5, 5.41) is 3.04. The van der Waals surface area contributed by atoms with Crippen molar-refractivity contribution in [3.8, 4) is 0 Å². The summed E-state index contributed by atoms with van der Waals surface area (Å²) in [4.78, 5) is 11.3. The average Bonchev–Trinajstić information content (AvgIpc) is 2.51. The number of rotatable bonds is 0. The van der Waals surface area contributed by atoms with Crippen LogP contribution in [0.2, 0.25) is 0 Å². The van der Waals surface area contributed by atoms with Gasteiger partial charge in [0.05, 0.1) is 4.47 Å². The number of aromatic nitrogens is 1. The fourth-order valence-corrected chi connectivity index (χ4v) is 2.96. The first-order valence-electron chi connectivity index (χ1n) is 4.73. The molecule has 0 radical (unpaired) electrons. The first-order valence-corrected chi connectivity index (χ1v) is 6.32. The lowest BCUT2D eigenvalue weighted by atomic mass is 10.1. The SMILES string of the molecule is O=C(n1c(Br)c(Br)c2c1CCNC2)C(F)(F)F. The number of nitrogens with zero attached hydrogens (tertiary/aromatic N) is 1. The molecule has 0 saturated carbocycles. The van der Waals surface area contributed by atoms with Crippen molar-refractivity contribution in [1.29, 1.82) is 0 Å². The number of nitrogens with one attached hydrogen (secondary N) is 1. The minimum Gasteiger partial charge on any atom is -0.312 e. The van der Waals surface area contributed by atoms with Crippen molar-refractivity contribution >= 4 is 37.8 Å². The molecular weight excluding hydrogens is 369 g/mol. The molecule has 1 aromatic heterocycles. The average molecular weight is 376 g/mol. The highest BCUT2D eigenvalue weighted by molar-refractivity contribution is 9.13. The Morgan fingerprint density at radius 1 is 1.35 bits per heavy atom. The molecular formula is C9H7Br2F3N2O. The summed E-state index contributed by atoms with van der Waals surface area (Å²) in [6, 6.07) is 0. The van der Waals surface area contributed by atoms with Gasteiger partial charge < -0.3 is 5.32 Å². The van der Waals surface area contributed by atoms with Crippen molar-refractivity contribution in [1.82, 2.24) is 9.88 Å². The normalized spacial score (nSPS) is 15.8. The van der Waals surface area contributed by atoms with Gasteiger partial charge in [0.25, 0.3) is 0 Å². The number of carbonyl (C=O) groups is 1. The summed E-state index contributed by atoms with van der Waals surface area (Å²) in [7, 11) is 0. The van der Waals surface area contributed by atoms with Gasteiger partial charge >= 0.3 is 12.1 Å². The van der Waals surface area contributed by atoms with Crippen LogP contribution in [-0.2, 0) is 13.0 Å². The van der Waals surface area contributed by atoms with Gasteiger partial charge in [-0.1, -0.05) is 0 Å². The zero-order valence-corrected chi connectivity index (χ0v) is 11.5. The molecule has 8 heteroatoms. The monoisotopic (exact) mass is 374 g/mol. The number of hydrogen-bond acceptors (Lipinski definition) is 2. The van der Waals surface area contributed by atoms with E-state index in [9.17, 15) is 18.0 Å². The standard InChI is InChI=1S/C9H7Br2F3N2O/c10-6-4-3-15-2-1-5(4)16(7(6)11)8(17)9(12,13)14/h15H,1-3H2. The van der Waals surface area contributed by atoms with Crippen LogP contribution in [0.1, 0.15) is 16.1 Å². The molecule has 0 bridgehead atoms. The molecule has 0 aromatic carbocycles. The minimum absolute atomic E-state index is 0.119. The highest BCUT2D eigenvalue weighted by Gasteiger charge is 2.43. The highest BCUT2D eigenvalue weighted by atomic mass is 79.9. The van der Waals surface area contributed by atoms with Crippen molar-refractivity contribution in [3.05, 3.63) is 20.3 Å². The molecule has 0 atom stereocenters. The minimum atomic E-state index is -4.88. The topological polar surface area (TPSA) is 34.0 Å². The van der Waals surface area contributed by atoms with E-state index in [-0.39, 0.29) is 4.60 Å². The fraction of sp³-hybridized carbons (Fsp3) is 0.444. The van der Waals surface area contributed by atoms with Crippen molar-refractivity contribution in [2.24, 2.45) is 0 Å². The number of halogens is 5. The van der Waals surface area contributed by atoms with Crippen LogP contribution in [-0.4, -0.2) is 23.2 Å². The Bertz CT molecular complexity index is 482. The molecule has 0 spiro atoms. The van der Waals surface area contributed by atoms with E-state index >= 15 is 0 Å². The lowest BCUT2D eigenvalue weighted by Gasteiger charge is -2.16. The second-order valence-electron chi connectivity index (χ2n) is 3.60. The third-order valence-corrected chi connectivity index (χ3v) is 4.68. The summed E-state index contributed by atoms with van der Waals surface area (Å²) >= 11 is 6.22. The Morgan fingerprint density at radius 2 is 2.00 bits per heavy atom. The lowest BCUT2D eigenvalue weighted by molar-refractivity contribution is -0.0949. The molecule has 2 heterocycles. The van der Waals surface area contributed by atoms with Crippen molar-refractivity contribution in [2.75, 3.05) is 6.54 Å². The van der Waals surface area contributed by atoms with Gasteiger partial charge in [-0.3, -0.25) is 9.36 Å². The molecule has 1 aliphatic heterocycles. The summed E-state index contributed by atoms with van der Waals surface area (Å²) < 4.78 is 38.7. The van der Waals surface area contributed by atoms with Gasteiger partial charge in [0, 0.05) is 30.8 Å². The van der Waals surface area contributed by atoms with Gasteiger partial charge in [0.2, 0.25) is 0 Å². The predicted molar refractivity (Wildman–Crippen MR) is 61.9 cm³/mol. The number of fused-ring (bicyclic) bond motifs is 1. The van der Waals surface area contributed by atoms with Crippen LogP contribution in [0, 0.1) is 0 Å². The van der Waals surface area contributed by atoms with Crippen LogP contribution < -0.4 is 5.32 Å². The molecule has 0 aliphatic carbocycles. The van der Waals surface area contributed by atoms with E-state index in [1.54, 1.807) is 0 Å². The van der Waals surface area contributed by atoms with Crippen molar-refractivity contribution in [3.63, 3.8) is 0 Å². The maximum absolute atomic E-state index is 12.5. The van der Waals surface area contributed by atoms with Crippen molar-refractivity contribution < 1.29 is 18.0 Å². The zero-order chi connectivity index (χ0) is 12.8. The lowest BCUT2D eigenvalue weighted by Crippen LogP contribution is -2.33. The highest BCUT2D eigenvalue weighted by Crippen LogP contribution is 2.36. The van der Waals surface area contributed by atoms with E-state index in [1.807, 2.05) is 0 Å². The molecule has 0 fully saturated rings. The number of carbonyl (C=O) groups excluding carboxylic acids is 1. The quantitative estimate of drug-likeness (QED) is 0.756. The molecule has 94 valence electrons. The van der Waals surface area contributed by atoms with Gasteiger partial charge in [-0.15, -0.1) is 0 Å². The van der Waals surface area contributed by atoms with E-state index in [4.69, 9.17) is 0 Å². The Morgan fingerprint density at radius 3 is 2.59 bits per heavy atom. The first kappa shape index (κ1) is 13.1. The van der Waals surface area contributed by atoms with Crippen LogP contribution in [0.3, 0.4) is 0 Å². The van der Waals surface area contributed by atoms with E-state index in [0.717, 1.165) is 0 Å². The van der Waals surface area contributed by atoms with E-state index in [0.29, 0.717) is 39.8 Å². The van der Waals surface area contributed by atoms with Gasteiger partial charge in [-0.05, 0) is 31.9 Å². The van der Waals surface area contributed by atoms with Crippen LogP contribution in [0.5, 0.6) is 0 Å². The van der Waals surface area contributed by atoms with Gasteiger partial charge in [-0.2, -0.15) is 13.2 Å². The summed E-state index contributed by atoms with van der Waals surface area (Å²) in [5.74, 6) is -1.87. The molecule has 1 aliphatic rings. The second kappa shape index (κ2) is 4.40. The van der Waals surface area contributed by atoms with Gasteiger partial charge in [0.1, 0.15) is 4.60 Å². The fourth-order valence-electron chi connectivity index (χ4n) is 1.80. The maximum Gasteiger partial charge on any atom is 0.472 e. The molecule has 2 rings (SSSR count). The van der Waals surface area contributed by atoms with Gasteiger partial charge in [-0.25, -0.2) is 0 Å². The van der Waals surface area contributed by atoms with Crippen LogP contribution in [0.25, 0.3) is 0 Å².